The van der Waals surface area contributed by atoms with Crippen molar-refractivity contribution in [3.05, 3.63) is 33.6 Å². The van der Waals surface area contributed by atoms with E-state index in [2.05, 4.69) is 5.32 Å². The first-order valence-corrected chi connectivity index (χ1v) is 5.16. The van der Waals surface area contributed by atoms with Crippen molar-refractivity contribution in [1.82, 2.24) is 5.32 Å². The first kappa shape index (κ1) is 13.2. The van der Waals surface area contributed by atoms with Crippen LogP contribution in [0.15, 0.2) is 12.1 Å². The van der Waals surface area contributed by atoms with Crippen molar-refractivity contribution in [3.8, 4) is 0 Å². The molecular formula is C10H10Cl2FNO2. The molecule has 1 unspecified atom stereocenters. The predicted molar refractivity (Wildman–Crippen MR) is 60.5 cm³/mol. The fraction of sp³-hybridized carbons (Fsp3) is 0.300. The highest BCUT2D eigenvalue weighted by molar-refractivity contribution is 6.35. The van der Waals surface area contributed by atoms with Gasteiger partial charge in [0.1, 0.15) is 11.4 Å². The van der Waals surface area contributed by atoms with Gasteiger partial charge in [0.2, 0.25) is 0 Å². The van der Waals surface area contributed by atoms with Crippen LogP contribution in [0.5, 0.6) is 0 Å². The standard InChI is InChI=1S/C10H10Cl2FNO2/c1-10(14-2,9(15)16)5-3-8(13)7(12)4-6(5)11/h3-4,14H,1-2H3,(H,15,16). The maximum absolute atomic E-state index is 13.3. The molecule has 0 saturated heterocycles. The average Bonchev–Trinajstić information content (AvgIpc) is 2.22. The Labute approximate surface area is 102 Å². The molecule has 0 heterocycles. The first-order valence-electron chi connectivity index (χ1n) is 4.40. The fourth-order valence-corrected chi connectivity index (χ4v) is 1.83. The molecule has 88 valence electrons. The summed E-state index contributed by atoms with van der Waals surface area (Å²) >= 11 is 11.4. The summed E-state index contributed by atoms with van der Waals surface area (Å²) in [6.45, 7) is 1.39. The predicted octanol–water partition coefficient (Wildman–Crippen LogP) is 2.65. The van der Waals surface area contributed by atoms with Crippen LogP contribution in [-0.2, 0) is 10.3 Å². The molecule has 0 saturated carbocycles. The largest absolute Gasteiger partial charge is 0.480 e. The smallest absolute Gasteiger partial charge is 0.328 e. The van der Waals surface area contributed by atoms with E-state index in [0.29, 0.717) is 0 Å². The van der Waals surface area contributed by atoms with Crippen LogP contribution >= 0.6 is 23.2 Å². The Morgan fingerprint density at radius 2 is 2.00 bits per heavy atom. The summed E-state index contributed by atoms with van der Waals surface area (Å²) in [5.41, 5.74) is -1.33. The number of carboxylic acids is 1. The van der Waals surface area contributed by atoms with Crippen LogP contribution in [-0.4, -0.2) is 18.1 Å². The molecule has 1 atom stereocenters. The molecule has 1 aromatic rings. The summed E-state index contributed by atoms with van der Waals surface area (Å²) in [6, 6.07) is 2.21. The van der Waals surface area contributed by atoms with Crippen molar-refractivity contribution in [2.24, 2.45) is 0 Å². The lowest BCUT2D eigenvalue weighted by Crippen LogP contribution is -2.44. The zero-order valence-corrected chi connectivity index (χ0v) is 10.2. The molecule has 6 heteroatoms. The maximum atomic E-state index is 13.3. The van der Waals surface area contributed by atoms with Gasteiger partial charge in [-0.05, 0) is 26.1 Å². The summed E-state index contributed by atoms with van der Waals surface area (Å²) in [6.07, 6.45) is 0. The van der Waals surface area contributed by atoms with Gasteiger partial charge in [0.05, 0.1) is 5.02 Å². The molecular weight excluding hydrogens is 256 g/mol. The minimum absolute atomic E-state index is 0.102. The molecule has 0 spiro atoms. The van der Waals surface area contributed by atoms with E-state index in [1.807, 2.05) is 0 Å². The number of nitrogens with one attached hydrogen (secondary N) is 1. The molecule has 2 N–H and O–H groups in total. The van der Waals surface area contributed by atoms with Crippen LogP contribution in [0.1, 0.15) is 12.5 Å². The number of hydrogen-bond acceptors (Lipinski definition) is 2. The van der Waals surface area contributed by atoms with Gasteiger partial charge >= 0.3 is 5.97 Å². The highest BCUT2D eigenvalue weighted by Gasteiger charge is 2.36. The van der Waals surface area contributed by atoms with Crippen LogP contribution in [0.4, 0.5) is 4.39 Å². The van der Waals surface area contributed by atoms with Crippen LogP contribution in [0.25, 0.3) is 0 Å². The summed E-state index contributed by atoms with van der Waals surface area (Å²) in [5, 5.41) is 11.6. The van der Waals surface area contributed by atoms with Crippen LogP contribution in [0.3, 0.4) is 0 Å². The van der Waals surface area contributed by atoms with Crippen LogP contribution in [0.2, 0.25) is 10.0 Å². The molecule has 0 radical (unpaired) electrons. The number of aliphatic carboxylic acids is 1. The van der Waals surface area contributed by atoms with Crippen LogP contribution in [0, 0.1) is 5.82 Å². The zero-order chi connectivity index (χ0) is 12.5. The quantitative estimate of drug-likeness (QED) is 0.827. The van der Waals surface area contributed by atoms with Gasteiger partial charge < -0.3 is 10.4 Å². The van der Waals surface area contributed by atoms with E-state index in [9.17, 15) is 9.18 Å². The Kier molecular flexibility index (Phi) is 3.78. The van der Waals surface area contributed by atoms with E-state index in [0.717, 1.165) is 6.07 Å². The third-order valence-electron chi connectivity index (χ3n) is 2.48. The lowest BCUT2D eigenvalue weighted by Gasteiger charge is -2.25. The van der Waals surface area contributed by atoms with Crippen molar-refractivity contribution in [2.75, 3.05) is 7.05 Å². The van der Waals surface area contributed by atoms with Gasteiger partial charge in [-0.15, -0.1) is 0 Å². The maximum Gasteiger partial charge on any atom is 0.328 e. The Morgan fingerprint density at radius 1 is 1.44 bits per heavy atom. The third kappa shape index (κ3) is 2.14. The van der Waals surface area contributed by atoms with E-state index in [1.165, 1.54) is 20.0 Å². The molecule has 0 bridgehead atoms. The highest BCUT2D eigenvalue weighted by atomic mass is 35.5. The minimum Gasteiger partial charge on any atom is -0.480 e. The van der Waals surface area contributed by atoms with Crippen LogP contribution < -0.4 is 5.32 Å². The summed E-state index contributed by atoms with van der Waals surface area (Å²) in [7, 11) is 1.46. The van der Waals surface area contributed by atoms with Crippen molar-refractivity contribution in [2.45, 2.75) is 12.5 Å². The summed E-state index contributed by atoms with van der Waals surface area (Å²) in [4.78, 5) is 11.1. The third-order valence-corrected chi connectivity index (χ3v) is 3.08. The lowest BCUT2D eigenvalue weighted by atomic mass is 9.92. The van der Waals surface area contributed by atoms with Gasteiger partial charge in [0.15, 0.2) is 0 Å². The second kappa shape index (κ2) is 4.57. The zero-order valence-electron chi connectivity index (χ0n) is 8.64. The number of carbonyl (C=O) groups is 1. The molecule has 0 aromatic heterocycles. The van der Waals surface area contributed by atoms with Gasteiger partial charge in [0.25, 0.3) is 0 Å². The van der Waals surface area contributed by atoms with Gasteiger partial charge in [-0.1, -0.05) is 23.2 Å². The monoisotopic (exact) mass is 265 g/mol. The molecule has 3 nitrogen and oxygen atoms in total. The Morgan fingerprint density at radius 3 is 2.44 bits per heavy atom. The van der Waals surface area contributed by atoms with Gasteiger partial charge in [0, 0.05) is 10.6 Å². The van der Waals surface area contributed by atoms with Gasteiger partial charge in [-0.2, -0.15) is 0 Å². The van der Waals surface area contributed by atoms with Gasteiger partial charge in [-0.25, -0.2) is 9.18 Å². The molecule has 0 aliphatic rings. The van der Waals surface area contributed by atoms with E-state index >= 15 is 0 Å². The molecule has 0 amide bonds. The Bertz CT molecular complexity index is 439. The normalized spacial score (nSPS) is 14.6. The summed E-state index contributed by atoms with van der Waals surface area (Å²) < 4.78 is 13.3. The Hall–Kier alpha value is -0.840. The highest BCUT2D eigenvalue weighted by Crippen LogP contribution is 2.32. The number of halogens is 3. The lowest BCUT2D eigenvalue weighted by molar-refractivity contribution is -0.144. The minimum atomic E-state index is -1.46. The van der Waals surface area contributed by atoms with Gasteiger partial charge in [-0.3, -0.25) is 0 Å². The SMILES string of the molecule is CNC(C)(C(=O)O)c1cc(F)c(Cl)cc1Cl. The number of likely N-dealkylation sites (N-methyl/N-ethyl adjacent to an activating group) is 1. The molecule has 16 heavy (non-hydrogen) atoms. The van der Waals surface area contributed by atoms with E-state index in [1.54, 1.807) is 0 Å². The van der Waals surface area contributed by atoms with E-state index in [4.69, 9.17) is 28.3 Å². The van der Waals surface area contributed by atoms with E-state index < -0.39 is 17.3 Å². The Balaban J connectivity index is 3.42. The molecule has 0 fully saturated rings. The average molecular weight is 266 g/mol. The van der Waals surface area contributed by atoms with Crippen molar-refractivity contribution in [1.29, 1.82) is 0 Å². The number of carboxylic acid groups (broad SMARTS) is 1. The van der Waals surface area contributed by atoms with Crippen molar-refractivity contribution < 1.29 is 14.3 Å². The molecule has 0 aliphatic carbocycles. The summed E-state index contributed by atoms with van der Waals surface area (Å²) in [5.74, 6) is -1.86. The number of rotatable bonds is 3. The molecule has 1 aromatic carbocycles. The molecule has 0 aliphatic heterocycles. The fourth-order valence-electron chi connectivity index (χ4n) is 1.26. The second-order valence-corrected chi connectivity index (χ2v) is 4.24. The first-order chi connectivity index (χ1) is 7.32. The number of hydrogen-bond donors (Lipinski definition) is 2. The van der Waals surface area contributed by atoms with Crippen molar-refractivity contribution >= 4 is 29.2 Å². The van der Waals surface area contributed by atoms with E-state index in [-0.39, 0.29) is 15.6 Å². The topological polar surface area (TPSA) is 49.3 Å². The second-order valence-electron chi connectivity index (χ2n) is 3.43. The molecule has 1 rings (SSSR count). The van der Waals surface area contributed by atoms with Crippen molar-refractivity contribution in [3.63, 3.8) is 0 Å². The number of benzene rings is 1.